The lowest BCUT2D eigenvalue weighted by Gasteiger charge is -2.08. The zero-order valence-electron chi connectivity index (χ0n) is 9.42. The fraction of sp³-hybridized carbons (Fsp3) is 0.385. The zero-order chi connectivity index (χ0) is 11.3. The number of hydrogen-bond donors (Lipinski definition) is 1. The first-order valence-corrected chi connectivity index (χ1v) is 5.36. The van der Waals surface area contributed by atoms with Crippen molar-refractivity contribution < 1.29 is 4.79 Å². The number of carbonyl (C=O) groups excluding carboxylic acids is 1. The summed E-state index contributed by atoms with van der Waals surface area (Å²) in [5, 5.41) is 2.87. The minimum atomic E-state index is 0.0753. The van der Waals surface area contributed by atoms with Gasteiger partial charge in [0.05, 0.1) is 0 Å². The van der Waals surface area contributed by atoms with Crippen molar-refractivity contribution in [2.75, 3.05) is 5.32 Å². The number of hydrogen-bond acceptors (Lipinski definition) is 1. The van der Waals surface area contributed by atoms with Crippen LogP contribution in [0.25, 0.3) is 0 Å². The maximum atomic E-state index is 11.4. The maximum absolute atomic E-state index is 11.4. The molecule has 0 aliphatic rings. The second-order valence-corrected chi connectivity index (χ2v) is 3.82. The molecule has 81 valence electrons. The van der Waals surface area contributed by atoms with E-state index in [4.69, 9.17) is 0 Å². The first-order valence-electron chi connectivity index (χ1n) is 5.36. The second kappa shape index (κ2) is 5.54. The third-order valence-corrected chi connectivity index (χ3v) is 2.22. The molecule has 0 aliphatic carbocycles. The van der Waals surface area contributed by atoms with Crippen molar-refractivity contribution >= 4 is 11.6 Å². The molecule has 2 nitrogen and oxygen atoms in total. The molecule has 0 saturated heterocycles. The van der Waals surface area contributed by atoms with E-state index in [2.05, 4.69) is 12.2 Å². The lowest BCUT2D eigenvalue weighted by Crippen LogP contribution is -2.10. The van der Waals surface area contributed by atoms with E-state index in [0.29, 0.717) is 6.42 Å². The summed E-state index contributed by atoms with van der Waals surface area (Å²) < 4.78 is 0. The molecule has 0 fully saturated rings. The fourth-order valence-electron chi connectivity index (χ4n) is 1.37. The number of rotatable bonds is 4. The van der Waals surface area contributed by atoms with Crippen LogP contribution in [0.4, 0.5) is 5.69 Å². The summed E-state index contributed by atoms with van der Waals surface area (Å²) in [7, 11) is 0. The molecular weight excluding hydrogens is 186 g/mol. The van der Waals surface area contributed by atoms with Crippen molar-refractivity contribution in [2.45, 2.75) is 32.6 Å². The summed E-state index contributed by atoms with van der Waals surface area (Å²) in [6, 6.07) is 7.84. The number of nitrogens with one attached hydrogen (secondary N) is 1. The van der Waals surface area contributed by atoms with E-state index in [1.165, 1.54) is 0 Å². The van der Waals surface area contributed by atoms with Gasteiger partial charge in [0.25, 0.3) is 0 Å². The highest BCUT2D eigenvalue weighted by atomic mass is 16.1. The number of benzene rings is 1. The highest BCUT2D eigenvalue weighted by molar-refractivity contribution is 5.90. The molecular formula is C13H18NO. The van der Waals surface area contributed by atoms with E-state index >= 15 is 0 Å². The Hall–Kier alpha value is -1.31. The number of carbonyl (C=O) groups is 1. The smallest absolute Gasteiger partial charge is 0.224 e. The van der Waals surface area contributed by atoms with E-state index in [1.807, 2.05) is 38.1 Å². The Balaban J connectivity index is 2.69. The molecule has 0 aromatic heterocycles. The number of anilines is 1. The van der Waals surface area contributed by atoms with Gasteiger partial charge in [-0.2, -0.15) is 0 Å². The first-order chi connectivity index (χ1) is 7.13. The van der Waals surface area contributed by atoms with Crippen molar-refractivity contribution in [3.05, 3.63) is 36.8 Å². The van der Waals surface area contributed by atoms with Crippen LogP contribution in [0.2, 0.25) is 0 Å². The van der Waals surface area contributed by atoms with Crippen LogP contribution < -0.4 is 5.32 Å². The van der Waals surface area contributed by atoms with Crippen molar-refractivity contribution in [3.8, 4) is 0 Å². The van der Waals surface area contributed by atoms with E-state index in [1.54, 1.807) is 0 Å². The van der Waals surface area contributed by atoms with Crippen LogP contribution in [0.15, 0.2) is 24.3 Å². The first kappa shape index (κ1) is 11.8. The molecule has 0 aliphatic heterocycles. The molecule has 15 heavy (non-hydrogen) atoms. The highest BCUT2D eigenvalue weighted by Crippen LogP contribution is 2.18. The Labute approximate surface area is 91.7 Å². The van der Waals surface area contributed by atoms with Gasteiger partial charge >= 0.3 is 0 Å². The van der Waals surface area contributed by atoms with Crippen LogP contribution in [0.5, 0.6) is 0 Å². The van der Waals surface area contributed by atoms with Crippen LogP contribution >= 0.6 is 0 Å². The maximum Gasteiger partial charge on any atom is 0.224 e. The summed E-state index contributed by atoms with van der Waals surface area (Å²) in [5.74, 6) is 0.319. The Morgan fingerprint density at radius 1 is 1.53 bits per heavy atom. The number of amides is 1. The molecule has 1 rings (SSSR count). The van der Waals surface area contributed by atoms with Crippen LogP contribution in [-0.4, -0.2) is 5.91 Å². The predicted molar refractivity (Wildman–Crippen MR) is 63.8 cm³/mol. The van der Waals surface area contributed by atoms with Gasteiger partial charge in [0, 0.05) is 12.1 Å². The monoisotopic (exact) mass is 204 g/mol. The van der Waals surface area contributed by atoms with Crippen molar-refractivity contribution in [2.24, 2.45) is 0 Å². The molecule has 0 saturated carbocycles. The van der Waals surface area contributed by atoms with Gasteiger partial charge in [-0.3, -0.25) is 4.79 Å². The van der Waals surface area contributed by atoms with Gasteiger partial charge in [-0.25, -0.2) is 0 Å². The Morgan fingerprint density at radius 2 is 2.27 bits per heavy atom. The fourth-order valence-corrected chi connectivity index (χ4v) is 1.37. The normalized spacial score (nSPS) is 10.4. The second-order valence-electron chi connectivity index (χ2n) is 3.82. The van der Waals surface area contributed by atoms with Gasteiger partial charge in [-0.15, -0.1) is 0 Å². The van der Waals surface area contributed by atoms with Crippen LogP contribution in [-0.2, 0) is 4.79 Å². The summed E-state index contributed by atoms with van der Waals surface area (Å²) in [6.07, 6.45) is 1.45. The molecule has 1 aromatic carbocycles. The third-order valence-electron chi connectivity index (χ3n) is 2.22. The lowest BCUT2D eigenvalue weighted by atomic mass is 10.0. The molecule has 0 heterocycles. The van der Waals surface area contributed by atoms with Gasteiger partial charge in [0.15, 0.2) is 0 Å². The summed E-state index contributed by atoms with van der Waals surface area (Å²) in [4.78, 5) is 11.4. The Morgan fingerprint density at radius 3 is 2.87 bits per heavy atom. The minimum Gasteiger partial charge on any atom is -0.326 e. The largest absolute Gasteiger partial charge is 0.326 e. The standard InChI is InChI=1S/C13H18NO/c1-4-6-13(15)14-12-8-5-7-11(9-12)10(2)3/h5,7-10H,2,4,6H2,1,3H3,(H,14,15). The average Bonchev–Trinajstić information content (AvgIpc) is 2.18. The highest BCUT2D eigenvalue weighted by Gasteiger charge is 2.03. The third kappa shape index (κ3) is 3.74. The molecule has 1 unspecified atom stereocenters. The van der Waals surface area contributed by atoms with Crippen LogP contribution in [0.3, 0.4) is 0 Å². The van der Waals surface area contributed by atoms with Gasteiger partial charge in [0.2, 0.25) is 5.91 Å². The lowest BCUT2D eigenvalue weighted by molar-refractivity contribution is -0.116. The Bertz CT molecular complexity index is 331. The molecule has 2 heteroatoms. The SMILES string of the molecule is [CH2]C(C)c1cccc(NC(=O)CCC)c1. The van der Waals surface area contributed by atoms with E-state index in [0.717, 1.165) is 17.7 Å². The van der Waals surface area contributed by atoms with Crippen molar-refractivity contribution in [1.29, 1.82) is 0 Å². The minimum absolute atomic E-state index is 0.0753. The molecule has 1 N–H and O–H groups in total. The summed E-state index contributed by atoms with van der Waals surface area (Å²) in [6.45, 7) is 7.98. The topological polar surface area (TPSA) is 29.1 Å². The van der Waals surface area contributed by atoms with Gasteiger partial charge in [-0.1, -0.05) is 26.0 Å². The molecule has 0 bridgehead atoms. The van der Waals surface area contributed by atoms with E-state index in [-0.39, 0.29) is 11.8 Å². The van der Waals surface area contributed by atoms with E-state index < -0.39 is 0 Å². The van der Waals surface area contributed by atoms with Crippen LogP contribution in [0.1, 0.15) is 38.2 Å². The van der Waals surface area contributed by atoms with E-state index in [9.17, 15) is 4.79 Å². The average molecular weight is 204 g/mol. The summed E-state index contributed by atoms with van der Waals surface area (Å²) in [5.41, 5.74) is 2.01. The van der Waals surface area contributed by atoms with Gasteiger partial charge < -0.3 is 5.32 Å². The van der Waals surface area contributed by atoms with Gasteiger partial charge in [0.1, 0.15) is 0 Å². The Kier molecular flexibility index (Phi) is 4.35. The van der Waals surface area contributed by atoms with Crippen LogP contribution in [0, 0.1) is 6.92 Å². The van der Waals surface area contributed by atoms with Crippen molar-refractivity contribution in [1.82, 2.24) is 0 Å². The predicted octanol–water partition coefficient (Wildman–Crippen LogP) is 3.36. The molecule has 1 radical (unpaired) electrons. The summed E-state index contributed by atoms with van der Waals surface area (Å²) >= 11 is 0. The zero-order valence-corrected chi connectivity index (χ0v) is 9.42. The quantitative estimate of drug-likeness (QED) is 0.800. The van der Waals surface area contributed by atoms with Gasteiger partial charge in [-0.05, 0) is 37.0 Å². The van der Waals surface area contributed by atoms with Crippen molar-refractivity contribution in [3.63, 3.8) is 0 Å². The molecule has 1 aromatic rings. The molecule has 0 spiro atoms. The molecule has 1 amide bonds. The molecule has 1 atom stereocenters.